The number of nitrogens with two attached hydrogens (primary N) is 1. The Bertz CT molecular complexity index is 451. The molecule has 1 aromatic carbocycles. The van der Waals surface area contributed by atoms with Gasteiger partial charge in [0.25, 0.3) is 5.91 Å². The highest BCUT2D eigenvalue weighted by Crippen LogP contribution is 2.21. The first kappa shape index (κ1) is 13.4. The van der Waals surface area contributed by atoms with Gasteiger partial charge in [0, 0.05) is 22.8 Å². The van der Waals surface area contributed by atoms with Crippen LogP contribution < -0.4 is 11.1 Å². The van der Waals surface area contributed by atoms with E-state index in [9.17, 15) is 4.79 Å². The van der Waals surface area contributed by atoms with Gasteiger partial charge in [-0.2, -0.15) is 0 Å². The van der Waals surface area contributed by atoms with Crippen molar-refractivity contribution in [2.45, 2.75) is 19.4 Å². The predicted molar refractivity (Wildman–Crippen MR) is 74.4 cm³/mol. The summed E-state index contributed by atoms with van der Waals surface area (Å²) < 4.78 is 6.12. The SMILES string of the molecule is CC1COCCC1NC(=O)c1cc(N)ccc1Br. The van der Waals surface area contributed by atoms with Gasteiger partial charge in [-0.25, -0.2) is 0 Å². The highest BCUT2D eigenvalue weighted by molar-refractivity contribution is 9.10. The van der Waals surface area contributed by atoms with E-state index < -0.39 is 0 Å². The van der Waals surface area contributed by atoms with Crippen molar-refractivity contribution in [3.8, 4) is 0 Å². The van der Waals surface area contributed by atoms with Gasteiger partial charge in [0.15, 0.2) is 0 Å². The number of hydrogen-bond acceptors (Lipinski definition) is 3. The first-order chi connectivity index (χ1) is 8.58. The maximum Gasteiger partial charge on any atom is 0.252 e. The summed E-state index contributed by atoms with van der Waals surface area (Å²) in [5, 5.41) is 3.05. The fourth-order valence-corrected chi connectivity index (χ4v) is 2.48. The van der Waals surface area contributed by atoms with Crippen LogP contribution in [-0.2, 0) is 4.74 Å². The molecular weight excluding hydrogens is 296 g/mol. The number of halogens is 1. The number of nitrogens with one attached hydrogen (secondary N) is 1. The summed E-state index contributed by atoms with van der Waals surface area (Å²) >= 11 is 3.37. The number of carbonyl (C=O) groups is 1. The van der Waals surface area contributed by atoms with Crippen molar-refractivity contribution in [2.75, 3.05) is 18.9 Å². The van der Waals surface area contributed by atoms with Crippen molar-refractivity contribution in [1.82, 2.24) is 5.32 Å². The highest BCUT2D eigenvalue weighted by atomic mass is 79.9. The molecule has 1 fully saturated rings. The van der Waals surface area contributed by atoms with Crippen molar-refractivity contribution in [2.24, 2.45) is 5.92 Å². The fraction of sp³-hybridized carbons (Fsp3) is 0.462. The molecular formula is C13H17BrN2O2. The van der Waals surface area contributed by atoms with E-state index in [1.54, 1.807) is 18.2 Å². The number of rotatable bonds is 2. The highest BCUT2D eigenvalue weighted by Gasteiger charge is 2.24. The van der Waals surface area contributed by atoms with Crippen LogP contribution in [0.2, 0.25) is 0 Å². The lowest BCUT2D eigenvalue weighted by molar-refractivity contribution is 0.0375. The van der Waals surface area contributed by atoms with E-state index in [-0.39, 0.29) is 11.9 Å². The molecule has 2 atom stereocenters. The first-order valence-electron chi connectivity index (χ1n) is 6.01. The van der Waals surface area contributed by atoms with Crippen LogP contribution in [-0.4, -0.2) is 25.2 Å². The monoisotopic (exact) mass is 312 g/mol. The zero-order valence-corrected chi connectivity index (χ0v) is 11.9. The van der Waals surface area contributed by atoms with Gasteiger partial charge in [0.1, 0.15) is 0 Å². The summed E-state index contributed by atoms with van der Waals surface area (Å²) in [5.74, 6) is 0.246. The van der Waals surface area contributed by atoms with Crippen molar-refractivity contribution in [1.29, 1.82) is 0 Å². The molecule has 2 rings (SSSR count). The summed E-state index contributed by atoms with van der Waals surface area (Å²) in [7, 11) is 0. The van der Waals surface area contributed by atoms with E-state index in [2.05, 4.69) is 28.2 Å². The number of carbonyl (C=O) groups excluding carboxylic acids is 1. The minimum atomic E-state index is -0.0899. The minimum absolute atomic E-state index is 0.0899. The number of amides is 1. The second kappa shape index (κ2) is 5.71. The molecule has 0 aliphatic carbocycles. The maximum absolute atomic E-state index is 12.2. The molecule has 18 heavy (non-hydrogen) atoms. The molecule has 3 N–H and O–H groups in total. The third kappa shape index (κ3) is 3.03. The van der Waals surface area contributed by atoms with Gasteiger partial charge in [-0.15, -0.1) is 0 Å². The molecule has 5 heteroatoms. The summed E-state index contributed by atoms with van der Waals surface area (Å²) in [6.07, 6.45) is 0.854. The Kier molecular flexibility index (Phi) is 4.24. The second-order valence-corrected chi connectivity index (χ2v) is 5.51. The molecule has 4 nitrogen and oxygen atoms in total. The second-order valence-electron chi connectivity index (χ2n) is 4.66. The Labute approximate surface area is 115 Å². The molecule has 1 heterocycles. The van der Waals surface area contributed by atoms with Crippen molar-refractivity contribution >= 4 is 27.5 Å². The van der Waals surface area contributed by atoms with Crippen molar-refractivity contribution < 1.29 is 9.53 Å². The molecule has 0 bridgehead atoms. The van der Waals surface area contributed by atoms with E-state index in [0.29, 0.717) is 30.4 Å². The van der Waals surface area contributed by atoms with Crippen LogP contribution in [0, 0.1) is 5.92 Å². The lowest BCUT2D eigenvalue weighted by Crippen LogP contribution is -2.44. The molecule has 0 aromatic heterocycles. The number of anilines is 1. The molecule has 0 radical (unpaired) electrons. The smallest absolute Gasteiger partial charge is 0.252 e. The normalized spacial score (nSPS) is 23.7. The molecule has 98 valence electrons. The molecule has 1 saturated heterocycles. The third-order valence-corrected chi connectivity index (χ3v) is 3.88. The first-order valence-corrected chi connectivity index (χ1v) is 6.81. The van der Waals surface area contributed by atoms with Gasteiger partial charge < -0.3 is 15.8 Å². The van der Waals surface area contributed by atoms with Crippen LogP contribution in [0.1, 0.15) is 23.7 Å². The fourth-order valence-electron chi connectivity index (χ4n) is 2.06. The van der Waals surface area contributed by atoms with Crippen LogP contribution in [0.3, 0.4) is 0 Å². The lowest BCUT2D eigenvalue weighted by Gasteiger charge is -2.29. The topological polar surface area (TPSA) is 64.3 Å². The Morgan fingerprint density at radius 2 is 2.33 bits per heavy atom. The molecule has 1 aliphatic heterocycles. The van der Waals surface area contributed by atoms with Crippen LogP contribution in [0.15, 0.2) is 22.7 Å². The van der Waals surface area contributed by atoms with E-state index in [1.807, 2.05) is 0 Å². The van der Waals surface area contributed by atoms with Gasteiger partial charge in [0.05, 0.1) is 12.2 Å². The van der Waals surface area contributed by atoms with Crippen LogP contribution >= 0.6 is 15.9 Å². The van der Waals surface area contributed by atoms with Gasteiger partial charge >= 0.3 is 0 Å². The van der Waals surface area contributed by atoms with Crippen molar-refractivity contribution in [3.05, 3.63) is 28.2 Å². The number of benzene rings is 1. The molecule has 1 amide bonds. The lowest BCUT2D eigenvalue weighted by atomic mass is 9.97. The van der Waals surface area contributed by atoms with Gasteiger partial charge in [0.2, 0.25) is 0 Å². The number of ether oxygens (including phenoxy) is 1. The molecule has 0 saturated carbocycles. The Morgan fingerprint density at radius 1 is 1.56 bits per heavy atom. The summed E-state index contributed by atoms with van der Waals surface area (Å²) in [4.78, 5) is 12.2. The summed E-state index contributed by atoms with van der Waals surface area (Å²) in [6.45, 7) is 3.48. The Balaban J connectivity index is 2.09. The standard InChI is InChI=1S/C13H17BrN2O2/c1-8-7-18-5-4-12(8)16-13(17)10-6-9(15)2-3-11(10)14/h2-3,6,8,12H,4-5,7,15H2,1H3,(H,16,17). The average molecular weight is 313 g/mol. The van der Waals surface area contributed by atoms with E-state index in [0.717, 1.165) is 10.9 Å². The molecule has 2 unspecified atom stereocenters. The predicted octanol–water partition coefficient (Wildman–Crippen LogP) is 2.19. The summed E-state index contributed by atoms with van der Waals surface area (Å²) in [6, 6.07) is 5.40. The van der Waals surface area contributed by atoms with Gasteiger partial charge in [-0.05, 0) is 46.5 Å². The summed E-state index contributed by atoms with van der Waals surface area (Å²) in [5.41, 5.74) is 6.87. The molecule has 0 spiro atoms. The number of hydrogen-bond donors (Lipinski definition) is 2. The average Bonchev–Trinajstić information content (AvgIpc) is 2.35. The zero-order valence-electron chi connectivity index (χ0n) is 10.3. The molecule has 1 aromatic rings. The van der Waals surface area contributed by atoms with Crippen LogP contribution in [0.4, 0.5) is 5.69 Å². The van der Waals surface area contributed by atoms with Crippen molar-refractivity contribution in [3.63, 3.8) is 0 Å². The quantitative estimate of drug-likeness (QED) is 0.823. The Morgan fingerprint density at radius 3 is 3.06 bits per heavy atom. The van der Waals surface area contributed by atoms with E-state index >= 15 is 0 Å². The van der Waals surface area contributed by atoms with Crippen LogP contribution in [0.25, 0.3) is 0 Å². The zero-order chi connectivity index (χ0) is 13.1. The maximum atomic E-state index is 12.2. The van der Waals surface area contributed by atoms with Gasteiger partial charge in [-0.3, -0.25) is 4.79 Å². The minimum Gasteiger partial charge on any atom is -0.399 e. The Hall–Kier alpha value is -1.07. The van der Waals surface area contributed by atoms with E-state index in [1.165, 1.54) is 0 Å². The van der Waals surface area contributed by atoms with E-state index in [4.69, 9.17) is 10.5 Å². The van der Waals surface area contributed by atoms with Crippen LogP contribution in [0.5, 0.6) is 0 Å². The largest absolute Gasteiger partial charge is 0.399 e. The third-order valence-electron chi connectivity index (χ3n) is 3.19. The van der Waals surface area contributed by atoms with Gasteiger partial charge in [-0.1, -0.05) is 6.92 Å². The molecule has 1 aliphatic rings. The number of nitrogen functional groups attached to an aromatic ring is 1.